The first-order valence-electron chi connectivity index (χ1n) is 8.81. The van der Waals surface area contributed by atoms with Gasteiger partial charge in [-0.05, 0) is 39.7 Å². The number of halogens is 3. The molecule has 1 rings (SSSR count). The number of nitrogens with one attached hydrogen (secondary N) is 1. The molecular formula is C20H26F3NO4. The van der Waals surface area contributed by atoms with Gasteiger partial charge in [0, 0.05) is 0 Å². The number of hydrogen-bond acceptors (Lipinski definition) is 4. The maximum absolute atomic E-state index is 12.5. The Morgan fingerprint density at radius 1 is 1.14 bits per heavy atom. The number of carbonyl (C=O) groups excluding carboxylic acids is 2. The molecule has 0 bridgehead atoms. The van der Waals surface area contributed by atoms with Crippen molar-refractivity contribution in [1.29, 1.82) is 0 Å². The number of carbonyl (C=O) groups is 2. The zero-order valence-corrected chi connectivity index (χ0v) is 16.4. The summed E-state index contributed by atoms with van der Waals surface area (Å²) < 4.78 is 48.3. The zero-order valence-electron chi connectivity index (χ0n) is 16.4. The third-order valence-electron chi connectivity index (χ3n) is 3.39. The Kier molecular flexibility index (Phi) is 8.68. The van der Waals surface area contributed by atoms with Crippen molar-refractivity contribution in [2.75, 3.05) is 0 Å². The first-order chi connectivity index (χ1) is 12.9. The molecule has 1 N–H and O–H groups in total. The van der Waals surface area contributed by atoms with E-state index in [1.807, 2.05) is 30.3 Å². The Labute approximate surface area is 162 Å². The number of amides is 1. The molecule has 2 atom stereocenters. The number of rotatable bonds is 8. The van der Waals surface area contributed by atoms with Crippen LogP contribution in [0.4, 0.5) is 13.2 Å². The van der Waals surface area contributed by atoms with Gasteiger partial charge in [0.25, 0.3) is 0 Å². The monoisotopic (exact) mass is 401 g/mol. The second-order valence-electron chi connectivity index (χ2n) is 7.22. The van der Waals surface area contributed by atoms with Gasteiger partial charge in [0.2, 0.25) is 0 Å². The van der Waals surface area contributed by atoms with Crippen molar-refractivity contribution in [3.63, 3.8) is 0 Å². The summed E-state index contributed by atoms with van der Waals surface area (Å²) in [5.41, 5.74) is 0.0838. The fourth-order valence-electron chi connectivity index (χ4n) is 2.09. The van der Waals surface area contributed by atoms with Gasteiger partial charge < -0.3 is 14.8 Å². The molecule has 0 fully saturated rings. The molecule has 0 aliphatic heterocycles. The van der Waals surface area contributed by atoms with Crippen molar-refractivity contribution in [3.8, 4) is 0 Å². The van der Waals surface area contributed by atoms with E-state index in [9.17, 15) is 22.8 Å². The Balaban J connectivity index is 2.67. The molecule has 1 aromatic carbocycles. The van der Waals surface area contributed by atoms with E-state index in [4.69, 9.17) is 9.47 Å². The summed E-state index contributed by atoms with van der Waals surface area (Å²) in [6, 6.07) is 8.01. The normalized spacial score (nSPS) is 14.5. The molecular weight excluding hydrogens is 375 g/mol. The van der Waals surface area contributed by atoms with Crippen LogP contribution in [0.25, 0.3) is 0 Å². The lowest BCUT2D eigenvalue weighted by molar-refractivity contribution is -0.177. The number of ether oxygens (including phenoxy) is 2. The minimum atomic E-state index is -5.09. The van der Waals surface area contributed by atoms with Crippen LogP contribution in [0, 0.1) is 0 Å². The van der Waals surface area contributed by atoms with Crippen LogP contribution in [-0.4, -0.2) is 35.8 Å². The first kappa shape index (κ1) is 23.7. The number of esters is 1. The Hall–Kier alpha value is -2.35. The number of alkyl halides is 3. The lowest BCUT2D eigenvalue weighted by Crippen LogP contribution is -2.48. The van der Waals surface area contributed by atoms with Gasteiger partial charge in [-0.25, -0.2) is 4.79 Å². The third-order valence-corrected chi connectivity index (χ3v) is 3.39. The van der Waals surface area contributed by atoms with Crippen LogP contribution in [0.3, 0.4) is 0 Å². The molecule has 1 amide bonds. The van der Waals surface area contributed by atoms with Crippen molar-refractivity contribution in [2.24, 2.45) is 0 Å². The maximum Gasteiger partial charge on any atom is 0.471 e. The summed E-state index contributed by atoms with van der Waals surface area (Å²) in [5.74, 6) is -3.13. The van der Waals surface area contributed by atoms with E-state index in [0.717, 1.165) is 5.56 Å². The van der Waals surface area contributed by atoms with E-state index >= 15 is 0 Å². The maximum atomic E-state index is 12.5. The minimum Gasteiger partial charge on any atom is -0.458 e. The molecule has 156 valence electrons. The van der Waals surface area contributed by atoms with E-state index in [-0.39, 0.29) is 12.5 Å². The summed E-state index contributed by atoms with van der Waals surface area (Å²) in [5, 5.41) is 1.68. The van der Waals surface area contributed by atoms with Crippen molar-refractivity contribution < 1.29 is 32.2 Å². The quantitative estimate of drug-likeness (QED) is 0.530. The predicted molar refractivity (Wildman–Crippen MR) is 98.3 cm³/mol. The Morgan fingerprint density at radius 2 is 1.75 bits per heavy atom. The van der Waals surface area contributed by atoms with Gasteiger partial charge in [-0.1, -0.05) is 42.5 Å². The average molecular weight is 401 g/mol. The van der Waals surface area contributed by atoms with Gasteiger partial charge in [0.15, 0.2) is 0 Å². The van der Waals surface area contributed by atoms with Gasteiger partial charge in [-0.15, -0.1) is 0 Å². The van der Waals surface area contributed by atoms with Crippen LogP contribution in [0.15, 0.2) is 42.5 Å². The second kappa shape index (κ2) is 10.3. The summed E-state index contributed by atoms with van der Waals surface area (Å²) in [6.07, 6.45) is -2.48. The van der Waals surface area contributed by atoms with Crippen LogP contribution in [0.1, 0.15) is 39.7 Å². The van der Waals surface area contributed by atoms with Crippen LogP contribution in [0.5, 0.6) is 0 Å². The lowest BCUT2D eigenvalue weighted by Gasteiger charge is -2.24. The molecule has 0 saturated heterocycles. The molecule has 0 heterocycles. The molecule has 5 nitrogen and oxygen atoms in total. The first-order valence-corrected chi connectivity index (χ1v) is 8.81. The van der Waals surface area contributed by atoms with Crippen molar-refractivity contribution >= 4 is 11.9 Å². The fraction of sp³-hybridized carbons (Fsp3) is 0.500. The smallest absolute Gasteiger partial charge is 0.458 e. The number of hydrogen-bond donors (Lipinski definition) is 1. The molecule has 0 aliphatic carbocycles. The van der Waals surface area contributed by atoms with Crippen LogP contribution in [0.2, 0.25) is 0 Å². The summed E-state index contributed by atoms with van der Waals surface area (Å²) >= 11 is 0. The summed E-state index contributed by atoms with van der Waals surface area (Å²) in [4.78, 5) is 23.3. The summed E-state index contributed by atoms with van der Waals surface area (Å²) in [6.45, 7) is 6.89. The van der Waals surface area contributed by atoms with Crippen molar-refractivity contribution in [3.05, 3.63) is 48.0 Å². The SMILES string of the molecule is C[C@@H](/C=C\C[C@@H](NC(=O)C(F)(F)F)C(=O)OC(C)(C)C)OCc1ccccc1. The molecule has 1 aromatic rings. The van der Waals surface area contributed by atoms with E-state index in [1.165, 1.54) is 6.08 Å². The molecule has 0 radical (unpaired) electrons. The predicted octanol–water partition coefficient (Wildman–Crippen LogP) is 3.93. The molecule has 0 aromatic heterocycles. The molecule has 0 unspecified atom stereocenters. The van der Waals surface area contributed by atoms with Crippen LogP contribution in [-0.2, 0) is 25.7 Å². The highest BCUT2D eigenvalue weighted by Crippen LogP contribution is 2.16. The Morgan fingerprint density at radius 3 is 2.29 bits per heavy atom. The molecule has 0 aliphatic rings. The van der Waals surface area contributed by atoms with Gasteiger partial charge >= 0.3 is 18.1 Å². The van der Waals surface area contributed by atoms with E-state index < -0.39 is 29.7 Å². The lowest BCUT2D eigenvalue weighted by atomic mass is 10.1. The molecule has 0 saturated carbocycles. The topological polar surface area (TPSA) is 64.6 Å². The third kappa shape index (κ3) is 9.55. The molecule has 0 spiro atoms. The fourth-order valence-corrected chi connectivity index (χ4v) is 2.09. The van der Waals surface area contributed by atoms with E-state index in [0.29, 0.717) is 6.61 Å². The highest BCUT2D eigenvalue weighted by atomic mass is 19.4. The second-order valence-corrected chi connectivity index (χ2v) is 7.22. The average Bonchev–Trinajstić information content (AvgIpc) is 2.57. The molecule has 28 heavy (non-hydrogen) atoms. The highest BCUT2D eigenvalue weighted by Gasteiger charge is 2.41. The zero-order chi connectivity index (χ0) is 21.4. The number of benzene rings is 1. The molecule has 8 heteroatoms. The summed E-state index contributed by atoms with van der Waals surface area (Å²) in [7, 11) is 0. The van der Waals surface area contributed by atoms with E-state index in [1.54, 1.807) is 39.1 Å². The van der Waals surface area contributed by atoms with Crippen molar-refractivity contribution in [2.45, 2.75) is 64.6 Å². The van der Waals surface area contributed by atoms with Crippen LogP contribution >= 0.6 is 0 Å². The van der Waals surface area contributed by atoms with Crippen LogP contribution < -0.4 is 5.32 Å². The standard InChI is InChI=1S/C20H26F3NO4/c1-14(27-13-15-10-6-5-7-11-15)9-8-12-16(17(25)28-19(2,3)4)24-18(26)20(21,22)23/h5-11,14,16H,12-13H2,1-4H3,(H,24,26)/b9-8-/t14-,16+/m0/s1. The van der Waals surface area contributed by atoms with Gasteiger partial charge in [-0.2, -0.15) is 13.2 Å². The Bertz CT molecular complexity index is 666. The largest absolute Gasteiger partial charge is 0.471 e. The van der Waals surface area contributed by atoms with Gasteiger partial charge in [0.05, 0.1) is 12.7 Å². The van der Waals surface area contributed by atoms with Crippen molar-refractivity contribution in [1.82, 2.24) is 5.32 Å². The van der Waals surface area contributed by atoms with Gasteiger partial charge in [-0.3, -0.25) is 4.79 Å². The minimum absolute atomic E-state index is 0.157. The highest BCUT2D eigenvalue weighted by molar-refractivity contribution is 5.87. The van der Waals surface area contributed by atoms with E-state index in [2.05, 4.69) is 0 Å². The van der Waals surface area contributed by atoms with Gasteiger partial charge in [0.1, 0.15) is 11.6 Å².